The van der Waals surface area contributed by atoms with Crippen LogP contribution in [0.2, 0.25) is 0 Å². The van der Waals surface area contributed by atoms with Crippen molar-refractivity contribution in [3.8, 4) is 0 Å². The van der Waals surface area contributed by atoms with Crippen LogP contribution in [-0.2, 0) is 36.6 Å². The van der Waals surface area contributed by atoms with E-state index in [0.29, 0.717) is 19.5 Å². The van der Waals surface area contributed by atoms with Gasteiger partial charge < -0.3 is 24.4 Å². The Hall–Kier alpha value is -3.03. The van der Waals surface area contributed by atoms with E-state index < -0.39 is 23.3 Å². The van der Waals surface area contributed by atoms with E-state index in [1.54, 1.807) is 4.90 Å². The third kappa shape index (κ3) is 5.31. The van der Waals surface area contributed by atoms with Crippen LogP contribution in [0, 0.1) is 0 Å². The summed E-state index contributed by atoms with van der Waals surface area (Å²) >= 11 is 0. The fourth-order valence-electron chi connectivity index (χ4n) is 3.26. The summed E-state index contributed by atoms with van der Waals surface area (Å²) in [6, 6.07) is 5.80. The van der Waals surface area contributed by atoms with E-state index >= 15 is 0 Å². The van der Waals surface area contributed by atoms with Crippen LogP contribution in [0.25, 0.3) is 0 Å². The molecule has 2 aliphatic heterocycles. The number of fused-ring (bicyclic) bond motifs is 1. The Morgan fingerprint density at radius 2 is 1.70 bits per heavy atom. The Morgan fingerprint density at radius 1 is 1.10 bits per heavy atom. The molecule has 8 nitrogen and oxygen atoms in total. The number of hydrogen-bond donors (Lipinski definition) is 1. The summed E-state index contributed by atoms with van der Waals surface area (Å²) in [6.45, 7) is 9.70. The van der Waals surface area contributed by atoms with Crippen LogP contribution in [0.1, 0.15) is 45.7 Å². The molecular formula is C22H28N2O6. The summed E-state index contributed by atoms with van der Waals surface area (Å²) in [5.74, 6) is -2.73. The molecule has 0 bridgehead atoms. The highest BCUT2D eigenvalue weighted by molar-refractivity contribution is 6.15. The van der Waals surface area contributed by atoms with Crippen LogP contribution >= 0.6 is 0 Å². The molecule has 3 rings (SSSR count). The quantitative estimate of drug-likeness (QED) is 0.450. The Labute approximate surface area is 176 Å². The fraction of sp³-hybridized carbons (Fsp3) is 0.500. The maximum absolute atomic E-state index is 12.4. The molecule has 0 unspecified atom stereocenters. The average Bonchev–Trinajstić information content (AvgIpc) is 2.80. The summed E-state index contributed by atoms with van der Waals surface area (Å²) in [6.07, 6.45) is 2.39. The predicted molar refractivity (Wildman–Crippen MR) is 110 cm³/mol. The van der Waals surface area contributed by atoms with Crippen LogP contribution in [0.5, 0.6) is 0 Å². The number of hydrogen-bond acceptors (Lipinski definition) is 7. The number of amides is 1. The number of cyclic esters (lactones) is 2. The molecule has 1 fully saturated rings. The van der Waals surface area contributed by atoms with Crippen molar-refractivity contribution in [1.29, 1.82) is 0 Å². The normalized spacial score (nSPS) is 18.6. The van der Waals surface area contributed by atoms with Crippen LogP contribution in [-0.4, -0.2) is 47.4 Å². The molecule has 1 amide bonds. The van der Waals surface area contributed by atoms with Crippen molar-refractivity contribution in [2.75, 3.05) is 18.4 Å². The molecule has 0 saturated carbocycles. The smallest absolute Gasteiger partial charge is 0.410 e. The molecule has 0 radical (unpaired) electrons. The molecule has 1 N–H and O–H groups in total. The first kappa shape index (κ1) is 21.7. The van der Waals surface area contributed by atoms with Gasteiger partial charge in [-0.2, -0.15) is 0 Å². The van der Waals surface area contributed by atoms with Gasteiger partial charge in [0.15, 0.2) is 5.57 Å². The largest absolute Gasteiger partial charge is 0.444 e. The molecule has 0 aromatic heterocycles. The molecule has 2 heterocycles. The minimum absolute atomic E-state index is 0.194. The second kappa shape index (κ2) is 8.01. The van der Waals surface area contributed by atoms with Gasteiger partial charge in [0, 0.05) is 38.8 Å². The highest BCUT2D eigenvalue weighted by Gasteiger charge is 2.39. The van der Waals surface area contributed by atoms with Crippen molar-refractivity contribution in [3.05, 3.63) is 41.1 Å². The van der Waals surface area contributed by atoms with Crippen molar-refractivity contribution in [2.24, 2.45) is 0 Å². The molecule has 30 heavy (non-hydrogen) atoms. The van der Waals surface area contributed by atoms with E-state index in [2.05, 4.69) is 5.32 Å². The highest BCUT2D eigenvalue weighted by Crippen LogP contribution is 2.24. The van der Waals surface area contributed by atoms with E-state index in [1.807, 2.05) is 39.0 Å². The zero-order valence-electron chi connectivity index (χ0n) is 18.0. The van der Waals surface area contributed by atoms with Gasteiger partial charge in [0.05, 0.1) is 0 Å². The van der Waals surface area contributed by atoms with E-state index in [9.17, 15) is 14.4 Å². The van der Waals surface area contributed by atoms with Gasteiger partial charge in [-0.3, -0.25) is 0 Å². The molecule has 8 heteroatoms. The van der Waals surface area contributed by atoms with E-state index in [0.717, 1.165) is 23.2 Å². The maximum atomic E-state index is 12.4. The van der Waals surface area contributed by atoms with Gasteiger partial charge in [0.25, 0.3) is 5.79 Å². The van der Waals surface area contributed by atoms with Gasteiger partial charge in [-0.1, -0.05) is 6.07 Å². The van der Waals surface area contributed by atoms with Crippen molar-refractivity contribution in [3.63, 3.8) is 0 Å². The molecule has 1 saturated heterocycles. The lowest BCUT2D eigenvalue weighted by Gasteiger charge is -2.29. The second-order valence-electron chi connectivity index (χ2n) is 8.83. The number of anilines is 1. The lowest BCUT2D eigenvalue weighted by molar-refractivity contribution is -0.222. The third-order valence-electron chi connectivity index (χ3n) is 4.66. The van der Waals surface area contributed by atoms with Crippen molar-refractivity contribution >= 4 is 23.7 Å². The number of carbonyl (C=O) groups excluding carboxylic acids is 3. The maximum Gasteiger partial charge on any atom is 0.410 e. The van der Waals surface area contributed by atoms with Crippen molar-refractivity contribution < 1.29 is 28.6 Å². The van der Waals surface area contributed by atoms with Crippen LogP contribution in [0.3, 0.4) is 0 Å². The molecule has 162 valence electrons. The fourth-order valence-corrected chi connectivity index (χ4v) is 3.26. The summed E-state index contributed by atoms with van der Waals surface area (Å²) < 4.78 is 15.6. The molecule has 1 aromatic carbocycles. The van der Waals surface area contributed by atoms with Crippen LogP contribution in [0.15, 0.2) is 30.0 Å². The van der Waals surface area contributed by atoms with Crippen LogP contribution < -0.4 is 5.32 Å². The van der Waals surface area contributed by atoms with Crippen LogP contribution in [0.4, 0.5) is 10.5 Å². The number of rotatable bonds is 2. The van der Waals surface area contributed by atoms with Gasteiger partial charge in [-0.15, -0.1) is 0 Å². The zero-order chi connectivity index (χ0) is 22.1. The van der Waals surface area contributed by atoms with E-state index in [-0.39, 0.29) is 11.7 Å². The minimum atomic E-state index is -1.27. The summed E-state index contributed by atoms with van der Waals surface area (Å²) in [5.41, 5.74) is 2.24. The standard InChI is InChI=1S/C22H28N2O6/c1-21(2,3)30-20(27)24-10-8-14-6-7-16(12-15(14)9-11-24)23-13-17-18(25)28-22(4,5)29-19(17)26/h6-7,12-13,23H,8-11H2,1-5H3. The Balaban J connectivity index is 1.68. The summed E-state index contributed by atoms with van der Waals surface area (Å²) in [4.78, 5) is 38.2. The second-order valence-corrected chi connectivity index (χ2v) is 8.83. The molecule has 0 aliphatic carbocycles. The van der Waals surface area contributed by atoms with Gasteiger partial charge in [0.2, 0.25) is 0 Å². The number of carbonyl (C=O) groups is 3. The molecule has 0 spiro atoms. The Kier molecular flexibility index (Phi) is 5.78. The zero-order valence-corrected chi connectivity index (χ0v) is 18.0. The number of esters is 2. The highest BCUT2D eigenvalue weighted by atomic mass is 16.7. The first-order valence-electron chi connectivity index (χ1n) is 9.97. The number of ether oxygens (including phenoxy) is 3. The number of nitrogens with one attached hydrogen (secondary N) is 1. The lowest BCUT2D eigenvalue weighted by atomic mass is 10.0. The average molecular weight is 416 g/mol. The molecular weight excluding hydrogens is 388 g/mol. The van der Waals surface area contributed by atoms with Gasteiger partial charge in [0.1, 0.15) is 5.60 Å². The Bertz CT molecular complexity index is 875. The van der Waals surface area contributed by atoms with Gasteiger partial charge >= 0.3 is 18.0 Å². The van der Waals surface area contributed by atoms with Crippen molar-refractivity contribution in [1.82, 2.24) is 4.90 Å². The van der Waals surface area contributed by atoms with Gasteiger partial charge in [-0.05, 0) is 56.9 Å². The topological polar surface area (TPSA) is 94.2 Å². The molecule has 0 atom stereocenters. The Morgan fingerprint density at radius 3 is 2.30 bits per heavy atom. The number of benzene rings is 1. The predicted octanol–water partition coefficient (Wildman–Crippen LogP) is 3.15. The SMILES string of the molecule is CC(C)(C)OC(=O)N1CCc2ccc(NC=C3C(=O)OC(C)(C)OC3=O)cc2CC1. The third-order valence-corrected chi connectivity index (χ3v) is 4.66. The monoisotopic (exact) mass is 416 g/mol. The number of nitrogens with zero attached hydrogens (tertiary/aromatic N) is 1. The van der Waals surface area contributed by atoms with E-state index in [4.69, 9.17) is 14.2 Å². The molecule has 2 aliphatic rings. The van der Waals surface area contributed by atoms with E-state index in [1.165, 1.54) is 20.0 Å². The first-order valence-corrected chi connectivity index (χ1v) is 9.97. The summed E-state index contributed by atoms with van der Waals surface area (Å²) in [7, 11) is 0. The first-order chi connectivity index (χ1) is 13.9. The lowest BCUT2D eigenvalue weighted by Crippen LogP contribution is -2.42. The van der Waals surface area contributed by atoms with Gasteiger partial charge in [-0.25, -0.2) is 14.4 Å². The van der Waals surface area contributed by atoms with Crippen molar-refractivity contribution in [2.45, 2.75) is 58.8 Å². The summed E-state index contributed by atoms with van der Waals surface area (Å²) in [5, 5.41) is 2.97. The molecule has 1 aromatic rings. The minimum Gasteiger partial charge on any atom is -0.444 e.